The number of nitrogens with one attached hydrogen (secondary N) is 2. The van der Waals surface area contributed by atoms with E-state index in [1.165, 1.54) is 0 Å². The monoisotopic (exact) mass is 715 g/mol. The Hall–Kier alpha value is -5.19. The molecular weight excluding hydrogens is 662 g/mol. The zero-order valence-electron chi connectivity index (χ0n) is 30.9. The highest BCUT2D eigenvalue weighted by Gasteiger charge is 2.31. The van der Waals surface area contributed by atoms with Crippen LogP contribution >= 0.6 is 0 Å². The molecule has 3 aromatic rings. The highest BCUT2D eigenvalue weighted by Crippen LogP contribution is 2.26. The van der Waals surface area contributed by atoms with Crippen molar-refractivity contribution in [2.75, 3.05) is 6.54 Å². The Morgan fingerprint density at radius 3 is 1.98 bits per heavy atom. The van der Waals surface area contributed by atoms with Gasteiger partial charge in [-0.15, -0.1) is 0 Å². The van der Waals surface area contributed by atoms with Crippen LogP contribution in [0.2, 0.25) is 0 Å². The summed E-state index contributed by atoms with van der Waals surface area (Å²) in [5.74, 6) is -3.67. The second-order valence-corrected chi connectivity index (χ2v) is 14.3. The number of phenols is 1. The molecule has 11 heteroatoms. The maximum atomic E-state index is 14.0. The third kappa shape index (κ3) is 14.6. The number of unbranched alkanes of at least 4 members (excludes halogenated alkanes) is 1. The van der Waals surface area contributed by atoms with Crippen molar-refractivity contribution in [1.29, 1.82) is 0 Å². The second-order valence-electron chi connectivity index (χ2n) is 14.3. The Labute approximate surface area is 306 Å². The van der Waals surface area contributed by atoms with Crippen molar-refractivity contribution in [3.05, 3.63) is 101 Å². The molecule has 3 amide bonds. The topological polar surface area (TPSA) is 174 Å². The molecule has 0 radical (unpaired) electrons. The summed E-state index contributed by atoms with van der Waals surface area (Å²) >= 11 is 0. The maximum absolute atomic E-state index is 14.0. The number of hydrogen-bond donors (Lipinski definition) is 4. The van der Waals surface area contributed by atoms with Gasteiger partial charge in [0.15, 0.2) is 5.78 Å². The number of ketones is 1. The Morgan fingerprint density at radius 2 is 1.40 bits per heavy atom. The molecule has 0 fully saturated rings. The smallest absolute Gasteiger partial charge is 0.407 e. The molecule has 0 aromatic heterocycles. The summed E-state index contributed by atoms with van der Waals surface area (Å²) in [6, 6.07) is 20.7. The van der Waals surface area contributed by atoms with E-state index in [1.54, 1.807) is 32.9 Å². The number of amides is 3. The number of nitrogens with two attached hydrogens (primary N) is 1. The van der Waals surface area contributed by atoms with Crippen molar-refractivity contribution in [3.8, 4) is 5.75 Å². The highest BCUT2D eigenvalue weighted by atomic mass is 16.6. The largest absolute Gasteiger partial charge is 0.508 e. The third-order valence-electron chi connectivity index (χ3n) is 8.62. The molecule has 0 saturated carbocycles. The van der Waals surface area contributed by atoms with Crippen molar-refractivity contribution < 1.29 is 38.6 Å². The van der Waals surface area contributed by atoms with Crippen molar-refractivity contribution in [1.82, 2.24) is 10.6 Å². The first-order chi connectivity index (χ1) is 24.6. The van der Waals surface area contributed by atoms with Gasteiger partial charge in [0, 0.05) is 18.9 Å². The summed E-state index contributed by atoms with van der Waals surface area (Å²) in [6.45, 7) is 9.27. The highest BCUT2D eigenvalue weighted by molar-refractivity contribution is 5.93. The predicted octanol–water partition coefficient (Wildman–Crippen LogP) is 5.78. The van der Waals surface area contributed by atoms with Crippen LogP contribution in [0.3, 0.4) is 0 Å². The van der Waals surface area contributed by atoms with Crippen molar-refractivity contribution in [2.45, 2.75) is 97.8 Å². The number of phenolic OH excluding ortho intramolecular Hbond substituents is 1. The van der Waals surface area contributed by atoms with E-state index in [-0.39, 0.29) is 56.8 Å². The third-order valence-corrected chi connectivity index (χ3v) is 8.62. The molecule has 52 heavy (non-hydrogen) atoms. The van der Waals surface area contributed by atoms with Crippen LogP contribution in [0, 0.1) is 25.7 Å². The van der Waals surface area contributed by atoms with Gasteiger partial charge in [0.25, 0.3) is 0 Å². The van der Waals surface area contributed by atoms with Crippen molar-refractivity contribution in [2.24, 2.45) is 17.6 Å². The maximum Gasteiger partial charge on any atom is 0.407 e. The van der Waals surface area contributed by atoms with Crippen LogP contribution < -0.4 is 16.4 Å². The van der Waals surface area contributed by atoms with Crippen molar-refractivity contribution in [3.63, 3.8) is 0 Å². The predicted molar refractivity (Wildman–Crippen MR) is 198 cm³/mol. The molecule has 280 valence electrons. The Bertz CT molecular complexity index is 1630. The molecule has 3 rings (SSSR count). The van der Waals surface area contributed by atoms with Crippen LogP contribution in [-0.2, 0) is 48.1 Å². The molecule has 0 saturated heterocycles. The fraction of sp³-hybridized carbons (Fsp3) is 0.439. The molecule has 0 aliphatic heterocycles. The number of alkyl carbamates (subject to hydrolysis) is 1. The molecule has 0 bridgehead atoms. The van der Waals surface area contributed by atoms with Gasteiger partial charge in [0.05, 0.1) is 18.4 Å². The fourth-order valence-electron chi connectivity index (χ4n) is 5.98. The standard InChI is InChI=1S/C41H53N3O8/c1-27-20-33(45)21-28(2)34(27)23-32(25-37(47)52-41(3,4)5)39(49)44-35(36(46)24-31(38(42)48)22-29-14-8-6-9-15-29)18-12-13-19-43-40(50)51-26-30-16-10-7-11-17-30/h6-11,14-17,20-21,31-32,35,45H,12-13,18-19,22-26H2,1-5H3,(H2,42,48)(H,43,50)(H,44,49)/t31?,32?,35-/m0/s1. The first-order valence-electron chi connectivity index (χ1n) is 17.7. The van der Waals surface area contributed by atoms with Crippen LogP contribution in [0.1, 0.15) is 80.7 Å². The first kappa shape index (κ1) is 41.2. The van der Waals surface area contributed by atoms with Gasteiger partial charge in [0.2, 0.25) is 11.8 Å². The van der Waals surface area contributed by atoms with Gasteiger partial charge in [0.1, 0.15) is 18.0 Å². The minimum absolute atomic E-state index is 0.0935. The lowest BCUT2D eigenvalue weighted by Gasteiger charge is -2.25. The Morgan fingerprint density at radius 1 is 0.808 bits per heavy atom. The van der Waals surface area contributed by atoms with E-state index in [9.17, 15) is 29.1 Å². The molecule has 0 aliphatic carbocycles. The second kappa shape index (κ2) is 20.0. The van der Waals surface area contributed by atoms with Crippen LogP contribution in [0.5, 0.6) is 5.75 Å². The molecule has 3 aromatic carbocycles. The van der Waals surface area contributed by atoms with Gasteiger partial charge in [-0.25, -0.2) is 4.79 Å². The number of benzene rings is 3. The molecule has 11 nitrogen and oxygen atoms in total. The van der Waals surface area contributed by atoms with Crippen LogP contribution in [-0.4, -0.2) is 53.0 Å². The van der Waals surface area contributed by atoms with Gasteiger partial charge in [-0.3, -0.25) is 19.2 Å². The number of carbonyl (C=O) groups is 5. The summed E-state index contributed by atoms with van der Waals surface area (Å²) in [5.41, 5.74) is 8.99. The lowest BCUT2D eigenvalue weighted by Crippen LogP contribution is -2.46. The van der Waals surface area contributed by atoms with E-state index >= 15 is 0 Å². The number of rotatable bonds is 19. The summed E-state index contributed by atoms with van der Waals surface area (Å²) in [6.07, 6.45) is 0.579. The zero-order valence-corrected chi connectivity index (χ0v) is 30.9. The average Bonchev–Trinajstić information content (AvgIpc) is 3.07. The van der Waals surface area contributed by atoms with E-state index in [4.69, 9.17) is 15.2 Å². The van der Waals surface area contributed by atoms with Gasteiger partial charge in [-0.05, 0) is 107 Å². The first-order valence-corrected chi connectivity index (χ1v) is 17.7. The zero-order chi connectivity index (χ0) is 38.3. The van der Waals surface area contributed by atoms with Gasteiger partial charge in [-0.2, -0.15) is 0 Å². The van der Waals surface area contributed by atoms with Gasteiger partial charge in [-0.1, -0.05) is 60.7 Å². The summed E-state index contributed by atoms with van der Waals surface area (Å²) in [4.78, 5) is 65.7. The lowest BCUT2D eigenvalue weighted by molar-refractivity contribution is -0.157. The number of hydrogen-bond acceptors (Lipinski definition) is 8. The normalized spacial score (nSPS) is 12.9. The minimum Gasteiger partial charge on any atom is -0.508 e. The number of esters is 1. The van der Waals surface area contributed by atoms with Crippen molar-refractivity contribution >= 4 is 29.7 Å². The molecule has 2 unspecified atom stereocenters. The van der Waals surface area contributed by atoms with Crippen LogP contribution in [0.15, 0.2) is 72.8 Å². The van der Waals surface area contributed by atoms with E-state index < -0.39 is 47.4 Å². The number of Topliss-reactive ketones (excluding diaryl/α,β-unsaturated/α-hetero) is 1. The van der Waals surface area contributed by atoms with Gasteiger partial charge < -0.3 is 30.9 Å². The van der Waals surface area contributed by atoms with E-state index in [2.05, 4.69) is 10.6 Å². The van der Waals surface area contributed by atoms with E-state index in [0.29, 0.717) is 12.8 Å². The van der Waals surface area contributed by atoms with Crippen LogP contribution in [0.4, 0.5) is 4.79 Å². The lowest BCUT2D eigenvalue weighted by atomic mass is 9.88. The van der Waals surface area contributed by atoms with Crippen LogP contribution in [0.25, 0.3) is 0 Å². The number of carbonyl (C=O) groups excluding carboxylic acids is 5. The summed E-state index contributed by atoms with van der Waals surface area (Å²) < 4.78 is 10.8. The SMILES string of the molecule is Cc1cc(O)cc(C)c1CC(CC(=O)OC(C)(C)C)C(=O)N[C@@H](CCCCNC(=O)OCc1ccccc1)C(=O)CC(Cc1ccccc1)C(N)=O. The molecule has 0 aliphatic rings. The fourth-order valence-corrected chi connectivity index (χ4v) is 5.98. The molecule has 0 heterocycles. The average molecular weight is 716 g/mol. The molecule has 0 spiro atoms. The quantitative estimate of drug-likeness (QED) is 0.0892. The Kier molecular flexibility index (Phi) is 15.9. The molecule has 3 atom stereocenters. The number of ether oxygens (including phenoxy) is 2. The van der Waals surface area contributed by atoms with E-state index in [0.717, 1.165) is 27.8 Å². The summed E-state index contributed by atoms with van der Waals surface area (Å²) in [7, 11) is 0. The molecular formula is C41H53N3O8. The number of primary amides is 1. The number of aryl methyl sites for hydroxylation is 2. The molecule has 5 N–H and O–H groups in total. The summed E-state index contributed by atoms with van der Waals surface area (Å²) in [5, 5.41) is 15.7. The minimum atomic E-state index is -0.988. The van der Waals surface area contributed by atoms with Gasteiger partial charge >= 0.3 is 12.1 Å². The van der Waals surface area contributed by atoms with E-state index in [1.807, 2.05) is 74.5 Å². The Balaban J connectivity index is 1.76. The number of aromatic hydroxyl groups is 1.